The molecule has 0 spiro atoms. The average Bonchev–Trinajstić information content (AvgIpc) is 2.46. The number of rotatable bonds is 7. The molecule has 0 heterocycles. The van der Waals surface area contributed by atoms with Crippen LogP contribution in [0, 0.1) is 0 Å². The lowest BCUT2D eigenvalue weighted by molar-refractivity contribution is -0.142. The summed E-state index contributed by atoms with van der Waals surface area (Å²) >= 11 is 3.40. The SMILES string of the molecule is CCOC(=O)Cc1ccc(CBr)cc1CCC(=O)OC. The van der Waals surface area contributed by atoms with E-state index in [-0.39, 0.29) is 18.4 Å². The second-order valence-electron chi connectivity index (χ2n) is 4.29. The van der Waals surface area contributed by atoms with Gasteiger partial charge in [0.1, 0.15) is 0 Å². The summed E-state index contributed by atoms with van der Waals surface area (Å²) in [6.45, 7) is 2.15. The molecule has 110 valence electrons. The Hall–Kier alpha value is -1.36. The number of alkyl halides is 1. The van der Waals surface area contributed by atoms with E-state index in [1.54, 1.807) is 6.92 Å². The minimum absolute atomic E-state index is 0.229. The number of aryl methyl sites for hydroxylation is 1. The fourth-order valence-corrected chi connectivity index (χ4v) is 2.22. The number of methoxy groups -OCH3 is 1. The molecule has 0 aliphatic heterocycles. The molecule has 1 aromatic rings. The summed E-state index contributed by atoms with van der Waals surface area (Å²) in [6.07, 6.45) is 1.09. The van der Waals surface area contributed by atoms with Gasteiger partial charge < -0.3 is 9.47 Å². The highest BCUT2D eigenvalue weighted by Crippen LogP contribution is 2.17. The number of esters is 2. The number of ether oxygens (including phenoxy) is 2. The van der Waals surface area contributed by atoms with Gasteiger partial charge in [-0.2, -0.15) is 0 Å². The Balaban J connectivity index is 2.85. The summed E-state index contributed by atoms with van der Waals surface area (Å²) in [5, 5.41) is 0.734. The minimum Gasteiger partial charge on any atom is -0.469 e. The molecule has 0 radical (unpaired) electrons. The molecule has 0 amide bonds. The number of benzene rings is 1. The van der Waals surface area contributed by atoms with Crippen molar-refractivity contribution in [2.75, 3.05) is 13.7 Å². The van der Waals surface area contributed by atoms with Crippen LogP contribution in [0.15, 0.2) is 18.2 Å². The van der Waals surface area contributed by atoms with Gasteiger partial charge in [0, 0.05) is 11.8 Å². The van der Waals surface area contributed by atoms with Gasteiger partial charge in [-0.15, -0.1) is 0 Å². The summed E-state index contributed by atoms with van der Waals surface area (Å²) in [5.41, 5.74) is 3.00. The maximum Gasteiger partial charge on any atom is 0.310 e. The van der Waals surface area contributed by atoms with Crippen molar-refractivity contribution in [1.82, 2.24) is 0 Å². The Labute approximate surface area is 127 Å². The van der Waals surface area contributed by atoms with Crippen molar-refractivity contribution in [1.29, 1.82) is 0 Å². The van der Waals surface area contributed by atoms with Gasteiger partial charge in [0.2, 0.25) is 0 Å². The molecule has 0 atom stereocenters. The molecule has 0 saturated carbocycles. The van der Waals surface area contributed by atoms with Crippen molar-refractivity contribution >= 4 is 27.9 Å². The van der Waals surface area contributed by atoms with Crippen molar-refractivity contribution < 1.29 is 19.1 Å². The lowest BCUT2D eigenvalue weighted by atomic mass is 9.98. The first-order chi connectivity index (χ1) is 9.60. The molecule has 0 unspecified atom stereocenters. The zero-order chi connectivity index (χ0) is 15.0. The Morgan fingerprint density at radius 1 is 1.20 bits per heavy atom. The van der Waals surface area contributed by atoms with E-state index in [2.05, 4.69) is 20.7 Å². The Morgan fingerprint density at radius 3 is 2.55 bits per heavy atom. The average molecular weight is 343 g/mol. The maximum absolute atomic E-state index is 11.6. The van der Waals surface area contributed by atoms with E-state index < -0.39 is 0 Å². The fraction of sp³-hybridized carbons (Fsp3) is 0.467. The lowest BCUT2D eigenvalue weighted by Gasteiger charge is -2.10. The minimum atomic E-state index is -0.253. The van der Waals surface area contributed by atoms with Crippen molar-refractivity contribution in [3.05, 3.63) is 34.9 Å². The zero-order valence-electron chi connectivity index (χ0n) is 11.8. The summed E-state index contributed by atoms with van der Waals surface area (Å²) in [6, 6.07) is 5.89. The molecule has 20 heavy (non-hydrogen) atoms. The van der Waals surface area contributed by atoms with Gasteiger partial charge >= 0.3 is 11.9 Å². The topological polar surface area (TPSA) is 52.6 Å². The number of carbonyl (C=O) groups excluding carboxylic acids is 2. The second-order valence-corrected chi connectivity index (χ2v) is 4.86. The van der Waals surface area contributed by atoms with Crippen LogP contribution < -0.4 is 0 Å². The first-order valence-corrected chi connectivity index (χ1v) is 7.62. The molecule has 1 rings (SSSR count). The molecule has 0 aliphatic rings. The van der Waals surface area contributed by atoms with Crippen molar-refractivity contribution in [3.63, 3.8) is 0 Å². The van der Waals surface area contributed by atoms with Gasteiger partial charge in [0.25, 0.3) is 0 Å². The summed E-state index contributed by atoms with van der Waals surface area (Å²) < 4.78 is 9.61. The number of carbonyl (C=O) groups is 2. The van der Waals surface area contributed by atoms with E-state index in [4.69, 9.17) is 4.74 Å². The molecule has 1 aromatic carbocycles. The largest absolute Gasteiger partial charge is 0.469 e. The van der Waals surface area contributed by atoms with Crippen LogP contribution in [0.3, 0.4) is 0 Å². The Kier molecular flexibility index (Phi) is 7.30. The van der Waals surface area contributed by atoms with Crippen molar-refractivity contribution in [2.45, 2.75) is 31.5 Å². The van der Waals surface area contributed by atoms with E-state index in [1.165, 1.54) is 7.11 Å². The monoisotopic (exact) mass is 342 g/mol. The van der Waals surface area contributed by atoms with Crippen LogP contribution in [0.5, 0.6) is 0 Å². The third-order valence-electron chi connectivity index (χ3n) is 2.89. The van der Waals surface area contributed by atoms with Crippen LogP contribution in [0.25, 0.3) is 0 Å². The first-order valence-electron chi connectivity index (χ1n) is 6.49. The second kappa shape index (κ2) is 8.74. The van der Waals surface area contributed by atoms with E-state index in [1.807, 2.05) is 18.2 Å². The Morgan fingerprint density at radius 2 is 1.95 bits per heavy atom. The van der Waals surface area contributed by atoms with Crippen LogP contribution in [0.1, 0.15) is 30.0 Å². The third-order valence-corrected chi connectivity index (χ3v) is 3.54. The number of hydrogen-bond donors (Lipinski definition) is 0. The Bertz CT molecular complexity index is 471. The van der Waals surface area contributed by atoms with E-state index in [9.17, 15) is 9.59 Å². The normalized spacial score (nSPS) is 10.2. The van der Waals surface area contributed by atoms with Crippen LogP contribution in [0.2, 0.25) is 0 Å². The highest BCUT2D eigenvalue weighted by molar-refractivity contribution is 9.08. The molecule has 0 bridgehead atoms. The molecular weight excluding hydrogens is 324 g/mol. The highest BCUT2D eigenvalue weighted by atomic mass is 79.9. The first kappa shape index (κ1) is 16.7. The van der Waals surface area contributed by atoms with Crippen LogP contribution in [-0.4, -0.2) is 25.7 Å². The third kappa shape index (κ3) is 5.33. The predicted octanol–water partition coefficient (Wildman–Crippen LogP) is 2.79. The van der Waals surface area contributed by atoms with Gasteiger partial charge in [-0.25, -0.2) is 0 Å². The highest BCUT2D eigenvalue weighted by Gasteiger charge is 2.11. The van der Waals surface area contributed by atoms with Crippen molar-refractivity contribution in [3.8, 4) is 0 Å². The molecule has 5 heteroatoms. The molecular formula is C15H19BrO4. The van der Waals surface area contributed by atoms with Crippen LogP contribution >= 0.6 is 15.9 Å². The quantitative estimate of drug-likeness (QED) is 0.564. The summed E-state index contributed by atoms with van der Waals surface area (Å²) in [4.78, 5) is 22.8. The summed E-state index contributed by atoms with van der Waals surface area (Å²) in [7, 11) is 1.37. The number of hydrogen-bond acceptors (Lipinski definition) is 4. The molecule has 0 aliphatic carbocycles. The molecule has 0 N–H and O–H groups in total. The molecule has 0 aromatic heterocycles. The van der Waals surface area contributed by atoms with E-state index in [0.717, 1.165) is 22.0 Å². The van der Waals surface area contributed by atoms with Gasteiger partial charge in [-0.3, -0.25) is 9.59 Å². The van der Waals surface area contributed by atoms with Gasteiger partial charge in [-0.1, -0.05) is 34.1 Å². The zero-order valence-corrected chi connectivity index (χ0v) is 13.4. The van der Waals surface area contributed by atoms with Crippen molar-refractivity contribution in [2.24, 2.45) is 0 Å². The van der Waals surface area contributed by atoms with E-state index >= 15 is 0 Å². The van der Waals surface area contributed by atoms with Gasteiger partial charge in [0.15, 0.2) is 0 Å². The van der Waals surface area contributed by atoms with Gasteiger partial charge in [0.05, 0.1) is 20.1 Å². The molecule has 4 nitrogen and oxygen atoms in total. The van der Waals surface area contributed by atoms with Gasteiger partial charge in [-0.05, 0) is 30.0 Å². The summed E-state index contributed by atoms with van der Waals surface area (Å²) in [5.74, 6) is -0.505. The smallest absolute Gasteiger partial charge is 0.310 e. The van der Waals surface area contributed by atoms with E-state index in [0.29, 0.717) is 19.4 Å². The fourth-order valence-electron chi connectivity index (χ4n) is 1.87. The predicted molar refractivity (Wildman–Crippen MR) is 79.7 cm³/mol. The maximum atomic E-state index is 11.6. The molecule has 0 fully saturated rings. The molecule has 0 saturated heterocycles. The lowest BCUT2D eigenvalue weighted by Crippen LogP contribution is -2.10. The van der Waals surface area contributed by atoms with Crippen LogP contribution in [-0.2, 0) is 37.2 Å². The number of halogens is 1. The van der Waals surface area contributed by atoms with Crippen LogP contribution in [0.4, 0.5) is 0 Å². The standard InChI is InChI=1S/C15H19BrO4/c1-3-20-15(18)9-13-5-4-11(10-16)8-12(13)6-7-14(17)19-2/h4-5,8H,3,6-7,9-10H2,1-2H3.